The predicted molar refractivity (Wildman–Crippen MR) is 183 cm³/mol. The Balaban J connectivity index is 1.81. The molecule has 8 heteroatoms. The van der Waals surface area contributed by atoms with Gasteiger partial charge in [0.1, 0.15) is 6.04 Å². The number of hydrogen-bond acceptors (Lipinski definition) is 5. The van der Waals surface area contributed by atoms with E-state index in [9.17, 15) is 14.7 Å². The van der Waals surface area contributed by atoms with Gasteiger partial charge in [0, 0.05) is 30.4 Å². The van der Waals surface area contributed by atoms with Crippen molar-refractivity contribution in [1.29, 1.82) is 0 Å². The lowest BCUT2D eigenvalue weighted by atomic mass is 9.70. The lowest BCUT2D eigenvalue weighted by Gasteiger charge is -2.47. The Bertz CT molecular complexity index is 1260. The van der Waals surface area contributed by atoms with Crippen LogP contribution in [0, 0.1) is 23.2 Å². The fourth-order valence-electron chi connectivity index (χ4n) is 8.53. The first-order valence-corrected chi connectivity index (χ1v) is 17.5. The largest absolute Gasteiger partial charge is 0.394 e. The van der Waals surface area contributed by atoms with E-state index in [1.54, 1.807) is 28.8 Å². The molecule has 1 spiro atoms. The average Bonchev–Trinajstić information content (AvgIpc) is 3.62. The summed E-state index contributed by atoms with van der Waals surface area (Å²) in [5.74, 6) is -1.50. The predicted octanol–water partition coefficient (Wildman–Crippen LogP) is 5.93. The molecule has 1 aromatic rings. The fourth-order valence-corrected chi connectivity index (χ4v) is 10.7. The maximum atomic E-state index is 15.1. The molecular weight excluding hydrogens is 582 g/mol. The molecule has 1 aromatic carbocycles. The fraction of sp³-hybridized carbons (Fsp3) is 0.649. The second-order valence-corrected chi connectivity index (χ2v) is 16.8. The number of aliphatic hydroxyl groups is 1. The van der Waals surface area contributed by atoms with Gasteiger partial charge in [0.2, 0.25) is 17.7 Å². The summed E-state index contributed by atoms with van der Waals surface area (Å²) in [7, 11) is 0. The van der Waals surface area contributed by atoms with Crippen LogP contribution < -0.4 is 0 Å². The lowest BCUT2D eigenvalue weighted by molar-refractivity contribution is -0.150. The van der Waals surface area contributed by atoms with Crippen molar-refractivity contribution >= 4 is 29.5 Å². The van der Waals surface area contributed by atoms with Crippen LogP contribution in [0.1, 0.15) is 79.7 Å². The third-order valence-electron chi connectivity index (χ3n) is 10.3. The minimum atomic E-state index is -0.768. The Kier molecular flexibility index (Phi) is 10.7. The Morgan fingerprint density at radius 2 is 1.76 bits per heavy atom. The van der Waals surface area contributed by atoms with Crippen molar-refractivity contribution in [3.63, 3.8) is 0 Å². The van der Waals surface area contributed by atoms with Crippen molar-refractivity contribution in [2.45, 2.75) is 108 Å². The number of thioether (sulfide) groups is 1. The number of aliphatic hydroxyl groups excluding tert-OH is 1. The zero-order chi connectivity index (χ0) is 33.3. The second-order valence-electron chi connectivity index (χ2n) is 15.2. The quantitative estimate of drug-likeness (QED) is 0.256. The van der Waals surface area contributed by atoms with Crippen molar-refractivity contribution in [2.24, 2.45) is 23.2 Å². The van der Waals surface area contributed by atoms with Crippen molar-refractivity contribution in [1.82, 2.24) is 14.7 Å². The molecule has 3 amide bonds. The zero-order valence-electron chi connectivity index (χ0n) is 28.5. The molecule has 0 aliphatic carbocycles. The third kappa shape index (κ3) is 6.64. The molecule has 2 unspecified atom stereocenters. The normalized spacial score (nSPS) is 27.2. The van der Waals surface area contributed by atoms with Gasteiger partial charge in [0.25, 0.3) is 0 Å². The maximum Gasteiger partial charge on any atom is 0.247 e. The van der Waals surface area contributed by atoms with Crippen LogP contribution >= 0.6 is 11.8 Å². The number of fused-ring (bicyclic) bond motifs is 1. The van der Waals surface area contributed by atoms with E-state index in [-0.39, 0.29) is 40.9 Å². The summed E-state index contributed by atoms with van der Waals surface area (Å²) in [6.07, 6.45) is 6.48. The Morgan fingerprint density at radius 3 is 2.31 bits per heavy atom. The molecule has 45 heavy (non-hydrogen) atoms. The summed E-state index contributed by atoms with van der Waals surface area (Å²) in [6.45, 7) is 23.6. The van der Waals surface area contributed by atoms with E-state index in [2.05, 4.69) is 47.8 Å². The van der Waals surface area contributed by atoms with Gasteiger partial charge in [0.05, 0.1) is 29.2 Å². The van der Waals surface area contributed by atoms with Crippen LogP contribution in [0.3, 0.4) is 0 Å². The monoisotopic (exact) mass is 637 g/mol. The Morgan fingerprint density at radius 1 is 1.11 bits per heavy atom. The molecule has 3 aliphatic rings. The standard InChI is InChI=1S/C37H55N3O4S/c1-10-20-38(22-26-16-14-13-15-17-26)32(42)29-28-18-19-37(45-28)30(29)33(43)40(27(23-41)25(4)12-3)31(37)34(44)39(21-11-2)36(8,9)24-35(5,6)7/h10-11,13-17,25,27-31,41H,1-2,12,18-24H2,3-9H3/t25-,27-,28+,29-,30-,31?,37?/m0/s1. The van der Waals surface area contributed by atoms with E-state index in [4.69, 9.17) is 0 Å². The molecule has 3 aliphatic heterocycles. The highest BCUT2D eigenvalue weighted by atomic mass is 32.2. The van der Waals surface area contributed by atoms with Crippen molar-refractivity contribution in [2.75, 3.05) is 19.7 Å². The molecule has 0 saturated carbocycles. The summed E-state index contributed by atoms with van der Waals surface area (Å²) in [5, 5.41) is 10.7. The molecule has 3 fully saturated rings. The highest BCUT2D eigenvalue weighted by molar-refractivity contribution is 8.02. The lowest BCUT2D eigenvalue weighted by Crippen LogP contribution is -2.62. The van der Waals surface area contributed by atoms with E-state index in [1.165, 1.54) is 0 Å². The molecule has 7 nitrogen and oxygen atoms in total. The van der Waals surface area contributed by atoms with Crippen molar-refractivity contribution in [3.05, 3.63) is 61.2 Å². The Hall–Kier alpha value is -2.58. The van der Waals surface area contributed by atoms with Gasteiger partial charge in [-0.25, -0.2) is 0 Å². The van der Waals surface area contributed by atoms with Crippen molar-refractivity contribution < 1.29 is 19.5 Å². The number of nitrogens with zero attached hydrogens (tertiary/aromatic N) is 3. The van der Waals surface area contributed by atoms with Gasteiger partial charge in [-0.05, 0) is 50.0 Å². The van der Waals surface area contributed by atoms with Crippen LogP contribution in [0.25, 0.3) is 0 Å². The molecule has 0 radical (unpaired) electrons. The minimum Gasteiger partial charge on any atom is -0.394 e. The molecule has 3 saturated heterocycles. The summed E-state index contributed by atoms with van der Waals surface area (Å²) in [6, 6.07) is 8.60. The smallest absolute Gasteiger partial charge is 0.247 e. The van der Waals surface area contributed by atoms with E-state index >= 15 is 4.79 Å². The van der Waals surface area contributed by atoms with Gasteiger partial charge in [-0.15, -0.1) is 24.9 Å². The van der Waals surface area contributed by atoms with E-state index in [0.29, 0.717) is 26.1 Å². The summed E-state index contributed by atoms with van der Waals surface area (Å²) >= 11 is 1.69. The van der Waals surface area contributed by atoms with Crippen LogP contribution in [0.5, 0.6) is 0 Å². The number of likely N-dealkylation sites (tertiary alicyclic amines) is 1. The second kappa shape index (κ2) is 13.6. The Labute approximate surface area is 275 Å². The van der Waals surface area contributed by atoms with Crippen LogP contribution in [-0.4, -0.2) is 84.8 Å². The van der Waals surface area contributed by atoms with Crippen LogP contribution in [0.2, 0.25) is 0 Å². The molecule has 1 N–H and O–H groups in total. The molecule has 2 bridgehead atoms. The molecular formula is C37H55N3O4S. The SMILES string of the molecule is C=CCN(Cc1ccccc1)C(=O)[C@@H]1[C@H]2C(=O)N([C@@H](CO)[C@@H](C)CC)C(C(=O)N(CC=C)C(C)(C)CC(C)(C)C)C23CC[C@H]1S3. The summed E-state index contributed by atoms with van der Waals surface area (Å²) in [5.41, 5.74) is 0.472. The van der Waals surface area contributed by atoms with Gasteiger partial charge in [-0.2, -0.15) is 0 Å². The minimum absolute atomic E-state index is 0.0217. The van der Waals surface area contributed by atoms with E-state index in [1.807, 2.05) is 54.0 Å². The van der Waals surface area contributed by atoms with Gasteiger partial charge < -0.3 is 19.8 Å². The van der Waals surface area contributed by atoms with Crippen molar-refractivity contribution in [3.8, 4) is 0 Å². The third-order valence-corrected chi connectivity index (χ3v) is 12.2. The summed E-state index contributed by atoms with van der Waals surface area (Å²) < 4.78 is -0.732. The molecule has 4 rings (SSSR count). The maximum absolute atomic E-state index is 15.1. The number of rotatable bonds is 14. The van der Waals surface area contributed by atoms with Gasteiger partial charge >= 0.3 is 0 Å². The first-order valence-electron chi connectivity index (χ1n) is 16.6. The zero-order valence-corrected chi connectivity index (χ0v) is 29.3. The number of carbonyl (C=O) groups excluding carboxylic acids is 3. The molecule has 248 valence electrons. The van der Waals surface area contributed by atoms with Gasteiger partial charge in [0.15, 0.2) is 0 Å². The van der Waals surface area contributed by atoms with Gasteiger partial charge in [-0.3, -0.25) is 14.4 Å². The molecule has 3 heterocycles. The van der Waals surface area contributed by atoms with Crippen LogP contribution in [0.4, 0.5) is 0 Å². The van der Waals surface area contributed by atoms with Crippen LogP contribution in [0.15, 0.2) is 55.6 Å². The van der Waals surface area contributed by atoms with E-state index in [0.717, 1.165) is 24.8 Å². The number of amides is 3. The highest BCUT2D eigenvalue weighted by Crippen LogP contribution is 2.67. The highest BCUT2D eigenvalue weighted by Gasteiger charge is 2.75. The first kappa shape index (κ1) is 35.3. The molecule has 7 atom stereocenters. The average molecular weight is 638 g/mol. The topological polar surface area (TPSA) is 81.2 Å². The number of carbonyl (C=O) groups is 3. The van der Waals surface area contributed by atoms with Crippen LogP contribution in [-0.2, 0) is 20.9 Å². The first-order chi connectivity index (χ1) is 21.2. The number of benzene rings is 1. The number of hydrogen-bond donors (Lipinski definition) is 1. The van der Waals surface area contributed by atoms with Gasteiger partial charge in [-0.1, -0.05) is 83.5 Å². The summed E-state index contributed by atoms with van der Waals surface area (Å²) in [4.78, 5) is 49.9. The van der Waals surface area contributed by atoms with E-state index < -0.39 is 34.2 Å². The molecule has 0 aromatic heterocycles.